The molecule has 132 valence electrons. The molecule has 5 nitrogen and oxygen atoms in total. The Labute approximate surface area is 156 Å². The Bertz CT molecular complexity index is 863. The molecule has 0 spiro atoms. The summed E-state index contributed by atoms with van der Waals surface area (Å²) in [4.78, 5) is 1.07. The maximum atomic E-state index is 5.94. The lowest BCUT2D eigenvalue weighted by Crippen LogP contribution is -2.12. The fourth-order valence-electron chi connectivity index (χ4n) is 2.14. The first kappa shape index (κ1) is 18.0. The quantitative estimate of drug-likeness (QED) is 0.543. The third-order valence-corrected chi connectivity index (χ3v) is 5.04. The molecule has 2 heterocycles. The number of hydrogen-bond donors (Lipinski definition) is 0. The molecular weight excluding hydrogens is 358 g/mol. The number of hydrogen-bond acceptors (Lipinski definition) is 6. The molecule has 0 saturated heterocycles. The van der Waals surface area contributed by atoms with Crippen LogP contribution in [-0.2, 0) is 10.2 Å². The van der Waals surface area contributed by atoms with Gasteiger partial charge in [0.05, 0.1) is 4.75 Å². The van der Waals surface area contributed by atoms with Crippen molar-refractivity contribution in [1.82, 2.24) is 15.4 Å². The standard InChI is InChI=1S/C18H20ClN3O2S/c1-17(2,3)14-10-13(22-24-14)15-20-21-16(23-15)18(4,5)25-12-8-6-11(19)7-9-12/h6-10H,1-5H3. The van der Waals surface area contributed by atoms with Crippen LogP contribution in [0.5, 0.6) is 0 Å². The first-order valence-electron chi connectivity index (χ1n) is 7.91. The minimum atomic E-state index is -0.393. The van der Waals surface area contributed by atoms with Gasteiger partial charge in [0.15, 0.2) is 5.69 Å². The summed E-state index contributed by atoms with van der Waals surface area (Å²) in [6, 6.07) is 9.51. The SMILES string of the molecule is CC(C)(C)c1cc(-c2nnc(C(C)(C)Sc3ccc(Cl)cc3)o2)no1. The molecule has 0 saturated carbocycles. The average molecular weight is 378 g/mol. The van der Waals surface area contributed by atoms with Gasteiger partial charge in [-0.15, -0.1) is 22.0 Å². The summed E-state index contributed by atoms with van der Waals surface area (Å²) in [5.74, 6) is 1.67. The molecule has 0 N–H and O–H groups in total. The summed E-state index contributed by atoms with van der Waals surface area (Å²) >= 11 is 7.57. The second-order valence-corrected chi connectivity index (χ2v) is 9.44. The number of benzene rings is 1. The van der Waals surface area contributed by atoms with Gasteiger partial charge in [-0.1, -0.05) is 37.5 Å². The summed E-state index contributed by atoms with van der Waals surface area (Å²) < 4.78 is 10.9. The average Bonchev–Trinajstić information content (AvgIpc) is 3.17. The smallest absolute Gasteiger partial charge is 0.269 e. The summed E-state index contributed by atoms with van der Waals surface area (Å²) in [5.41, 5.74) is 0.425. The molecule has 1 aromatic carbocycles. The monoisotopic (exact) mass is 377 g/mol. The van der Waals surface area contributed by atoms with Crippen LogP contribution >= 0.6 is 23.4 Å². The first-order chi connectivity index (χ1) is 11.6. The van der Waals surface area contributed by atoms with Crippen molar-refractivity contribution < 1.29 is 8.94 Å². The Morgan fingerprint density at radius 3 is 2.28 bits per heavy atom. The van der Waals surface area contributed by atoms with E-state index in [1.807, 2.05) is 44.2 Å². The van der Waals surface area contributed by atoms with E-state index in [0.29, 0.717) is 22.5 Å². The molecule has 0 atom stereocenters. The molecule has 0 amide bonds. The maximum absolute atomic E-state index is 5.94. The van der Waals surface area contributed by atoms with Gasteiger partial charge in [-0.3, -0.25) is 0 Å². The van der Waals surface area contributed by atoms with Gasteiger partial charge < -0.3 is 8.94 Å². The Balaban J connectivity index is 1.82. The van der Waals surface area contributed by atoms with E-state index in [-0.39, 0.29) is 5.41 Å². The Morgan fingerprint density at radius 1 is 1.00 bits per heavy atom. The zero-order chi connectivity index (χ0) is 18.2. The summed E-state index contributed by atoms with van der Waals surface area (Å²) in [7, 11) is 0. The van der Waals surface area contributed by atoms with Gasteiger partial charge in [-0.2, -0.15) is 0 Å². The zero-order valence-electron chi connectivity index (χ0n) is 14.8. The van der Waals surface area contributed by atoms with Crippen LogP contribution in [0.2, 0.25) is 5.02 Å². The lowest BCUT2D eigenvalue weighted by Gasteiger charge is -2.19. The van der Waals surface area contributed by atoms with Crippen molar-refractivity contribution in [1.29, 1.82) is 0 Å². The van der Waals surface area contributed by atoms with E-state index in [4.69, 9.17) is 20.5 Å². The Morgan fingerprint density at radius 2 is 1.68 bits per heavy atom. The van der Waals surface area contributed by atoms with Crippen LogP contribution < -0.4 is 0 Å². The molecule has 0 unspecified atom stereocenters. The minimum Gasteiger partial charge on any atom is -0.418 e. The van der Waals surface area contributed by atoms with Gasteiger partial charge in [0.1, 0.15) is 5.76 Å². The largest absolute Gasteiger partial charge is 0.418 e. The second kappa shape index (κ2) is 6.50. The predicted octanol–water partition coefficient (Wildman–Crippen LogP) is 5.70. The van der Waals surface area contributed by atoms with E-state index in [1.54, 1.807) is 11.8 Å². The lowest BCUT2D eigenvalue weighted by atomic mass is 9.93. The van der Waals surface area contributed by atoms with Crippen molar-refractivity contribution in [2.45, 2.75) is 49.7 Å². The van der Waals surface area contributed by atoms with Crippen molar-refractivity contribution >= 4 is 23.4 Å². The molecular formula is C18H20ClN3O2S. The first-order valence-corrected chi connectivity index (χ1v) is 9.11. The highest BCUT2D eigenvalue weighted by Crippen LogP contribution is 2.41. The summed E-state index contributed by atoms with van der Waals surface area (Å²) in [6.07, 6.45) is 0. The van der Waals surface area contributed by atoms with Gasteiger partial charge in [0.2, 0.25) is 5.89 Å². The number of nitrogens with zero attached hydrogens (tertiary/aromatic N) is 3. The van der Waals surface area contributed by atoms with E-state index in [9.17, 15) is 0 Å². The van der Waals surface area contributed by atoms with Crippen molar-refractivity contribution in [3.63, 3.8) is 0 Å². The fraction of sp³-hybridized carbons (Fsp3) is 0.389. The molecule has 3 rings (SSSR count). The van der Waals surface area contributed by atoms with E-state index in [0.717, 1.165) is 10.7 Å². The molecule has 3 aromatic rings. The molecule has 0 bridgehead atoms. The van der Waals surface area contributed by atoms with Crippen LogP contribution in [0.1, 0.15) is 46.3 Å². The van der Waals surface area contributed by atoms with Gasteiger partial charge in [0.25, 0.3) is 5.89 Å². The van der Waals surface area contributed by atoms with Crippen LogP contribution in [0, 0.1) is 0 Å². The maximum Gasteiger partial charge on any atom is 0.269 e. The van der Waals surface area contributed by atoms with E-state index in [1.165, 1.54) is 0 Å². The van der Waals surface area contributed by atoms with E-state index < -0.39 is 4.75 Å². The summed E-state index contributed by atoms with van der Waals surface area (Å²) in [6.45, 7) is 10.2. The van der Waals surface area contributed by atoms with E-state index >= 15 is 0 Å². The summed E-state index contributed by atoms with van der Waals surface area (Å²) in [5, 5.41) is 13.1. The minimum absolute atomic E-state index is 0.127. The molecule has 0 radical (unpaired) electrons. The van der Waals surface area contributed by atoms with Gasteiger partial charge in [-0.25, -0.2) is 0 Å². The highest BCUT2D eigenvalue weighted by atomic mass is 35.5. The topological polar surface area (TPSA) is 65.0 Å². The molecule has 0 aliphatic rings. The van der Waals surface area contributed by atoms with Crippen LogP contribution in [0.15, 0.2) is 44.2 Å². The van der Waals surface area contributed by atoms with Crippen molar-refractivity contribution in [3.8, 4) is 11.6 Å². The van der Waals surface area contributed by atoms with Crippen molar-refractivity contribution in [3.05, 3.63) is 47.0 Å². The van der Waals surface area contributed by atoms with Crippen molar-refractivity contribution in [2.75, 3.05) is 0 Å². The van der Waals surface area contributed by atoms with Gasteiger partial charge in [0, 0.05) is 21.4 Å². The molecule has 0 aliphatic heterocycles. The molecule has 0 aliphatic carbocycles. The number of thioether (sulfide) groups is 1. The van der Waals surface area contributed by atoms with Crippen LogP contribution in [-0.4, -0.2) is 15.4 Å². The number of aromatic nitrogens is 3. The zero-order valence-corrected chi connectivity index (χ0v) is 16.4. The third kappa shape index (κ3) is 4.07. The van der Waals surface area contributed by atoms with Crippen molar-refractivity contribution in [2.24, 2.45) is 0 Å². The fourth-order valence-corrected chi connectivity index (χ4v) is 3.30. The number of rotatable bonds is 4. The molecule has 2 aromatic heterocycles. The molecule has 0 fully saturated rings. The molecule has 7 heteroatoms. The van der Waals surface area contributed by atoms with Crippen LogP contribution in [0.4, 0.5) is 0 Å². The lowest BCUT2D eigenvalue weighted by molar-refractivity contribution is 0.329. The normalized spacial score (nSPS) is 12.6. The Hall–Kier alpha value is -1.79. The highest BCUT2D eigenvalue weighted by molar-refractivity contribution is 8.00. The third-order valence-electron chi connectivity index (χ3n) is 3.60. The van der Waals surface area contributed by atoms with E-state index in [2.05, 4.69) is 36.1 Å². The predicted molar refractivity (Wildman–Crippen MR) is 98.8 cm³/mol. The van der Waals surface area contributed by atoms with Gasteiger partial charge >= 0.3 is 0 Å². The van der Waals surface area contributed by atoms with Crippen LogP contribution in [0.25, 0.3) is 11.6 Å². The number of halogens is 1. The highest BCUT2D eigenvalue weighted by Gasteiger charge is 2.30. The second-order valence-electron chi connectivity index (χ2n) is 7.31. The van der Waals surface area contributed by atoms with Crippen LogP contribution in [0.3, 0.4) is 0 Å². The van der Waals surface area contributed by atoms with Gasteiger partial charge in [-0.05, 0) is 38.1 Å². The molecule has 25 heavy (non-hydrogen) atoms. The Kier molecular flexibility index (Phi) is 4.68.